The molecule has 0 radical (unpaired) electrons. The highest BCUT2D eigenvalue weighted by Gasteiger charge is 2.23. The van der Waals surface area contributed by atoms with Gasteiger partial charge in [-0.05, 0) is 37.8 Å². The molecule has 0 aliphatic heterocycles. The van der Waals surface area contributed by atoms with Crippen LogP contribution in [0.2, 0.25) is 0 Å². The molecule has 1 fully saturated rings. The molecule has 1 aromatic carbocycles. The third-order valence-corrected chi connectivity index (χ3v) is 4.64. The monoisotopic (exact) mass is 299 g/mol. The van der Waals surface area contributed by atoms with Crippen molar-refractivity contribution in [3.05, 3.63) is 36.7 Å². The molecule has 0 spiro atoms. The molecule has 1 N–H and O–H groups in total. The zero-order valence-electron chi connectivity index (χ0n) is 11.3. The Kier molecular flexibility index (Phi) is 4.45. The molecule has 0 saturated heterocycles. The van der Waals surface area contributed by atoms with E-state index in [1.165, 1.54) is 18.2 Å². The Morgan fingerprint density at radius 2 is 2.25 bits per heavy atom. The van der Waals surface area contributed by atoms with Crippen LogP contribution in [0, 0.1) is 11.7 Å². The Morgan fingerprint density at radius 3 is 2.85 bits per heavy atom. The summed E-state index contributed by atoms with van der Waals surface area (Å²) in [4.78, 5) is -0.0154. The van der Waals surface area contributed by atoms with Gasteiger partial charge in [0.05, 0.1) is 11.5 Å². The van der Waals surface area contributed by atoms with Crippen LogP contribution in [0.4, 0.5) is 4.39 Å². The maximum Gasteiger partial charge on any atom is 0.241 e. The van der Waals surface area contributed by atoms with Crippen LogP contribution >= 0.6 is 0 Å². The molecule has 110 valence electrons. The van der Waals surface area contributed by atoms with Gasteiger partial charge in [-0.25, -0.2) is 17.5 Å². The van der Waals surface area contributed by atoms with E-state index in [-0.39, 0.29) is 10.6 Å². The summed E-state index contributed by atoms with van der Waals surface area (Å²) in [5.74, 6) is -0.110. The molecule has 0 aromatic heterocycles. The quantitative estimate of drug-likeness (QED) is 0.787. The minimum atomic E-state index is -3.70. The summed E-state index contributed by atoms with van der Waals surface area (Å²) >= 11 is 0. The van der Waals surface area contributed by atoms with Crippen molar-refractivity contribution in [1.29, 1.82) is 0 Å². The maximum absolute atomic E-state index is 13.6. The number of hydrogen-bond donors (Lipinski definition) is 1. The minimum Gasteiger partial charge on any atom is -0.490 e. The SMILES string of the molecule is C=CC(C)NS(=O)(=O)c1ccc(F)c(OCC2CC2)c1. The number of rotatable bonds is 7. The van der Waals surface area contributed by atoms with Crippen molar-refractivity contribution in [2.45, 2.75) is 30.7 Å². The van der Waals surface area contributed by atoms with Crippen LogP contribution in [-0.4, -0.2) is 21.1 Å². The lowest BCUT2D eigenvalue weighted by molar-refractivity contribution is 0.284. The second kappa shape index (κ2) is 5.93. The first-order valence-electron chi connectivity index (χ1n) is 6.49. The molecule has 0 heterocycles. The van der Waals surface area contributed by atoms with Crippen LogP contribution in [0.25, 0.3) is 0 Å². The fourth-order valence-electron chi connectivity index (χ4n) is 1.61. The second-order valence-corrected chi connectivity index (χ2v) is 6.71. The number of benzene rings is 1. The average molecular weight is 299 g/mol. The molecule has 1 aromatic rings. The maximum atomic E-state index is 13.6. The average Bonchev–Trinajstić information content (AvgIpc) is 3.21. The molecule has 2 rings (SSSR count). The van der Waals surface area contributed by atoms with E-state index in [0.29, 0.717) is 12.5 Å². The van der Waals surface area contributed by atoms with Gasteiger partial charge in [-0.3, -0.25) is 0 Å². The van der Waals surface area contributed by atoms with Gasteiger partial charge in [0, 0.05) is 12.1 Å². The van der Waals surface area contributed by atoms with Gasteiger partial charge in [0.1, 0.15) is 0 Å². The van der Waals surface area contributed by atoms with Crippen molar-refractivity contribution in [2.75, 3.05) is 6.61 Å². The van der Waals surface area contributed by atoms with Gasteiger partial charge in [0.15, 0.2) is 11.6 Å². The normalized spacial score (nSPS) is 16.7. The molecule has 0 amide bonds. The molecule has 1 unspecified atom stereocenters. The molecule has 6 heteroatoms. The van der Waals surface area contributed by atoms with E-state index < -0.39 is 21.9 Å². The Morgan fingerprint density at radius 1 is 1.55 bits per heavy atom. The van der Waals surface area contributed by atoms with Crippen LogP contribution in [0.1, 0.15) is 19.8 Å². The molecule has 20 heavy (non-hydrogen) atoms. The van der Waals surface area contributed by atoms with Crippen molar-refractivity contribution in [3.63, 3.8) is 0 Å². The second-order valence-electron chi connectivity index (χ2n) is 4.99. The number of nitrogens with one attached hydrogen (secondary N) is 1. The van der Waals surface area contributed by atoms with E-state index in [1.807, 2.05) is 0 Å². The van der Waals surface area contributed by atoms with Crippen LogP contribution in [0.5, 0.6) is 5.75 Å². The van der Waals surface area contributed by atoms with Crippen LogP contribution in [-0.2, 0) is 10.0 Å². The van der Waals surface area contributed by atoms with E-state index in [2.05, 4.69) is 11.3 Å². The number of halogens is 1. The molecule has 1 aliphatic rings. The molecule has 1 aliphatic carbocycles. The topological polar surface area (TPSA) is 55.4 Å². The number of hydrogen-bond acceptors (Lipinski definition) is 3. The lowest BCUT2D eigenvalue weighted by Gasteiger charge is -2.12. The number of ether oxygens (including phenoxy) is 1. The Labute approximate surface area is 118 Å². The van der Waals surface area contributed by atoms with E-state index in [1.54, 1.807) is 6.92 Å². The summed E-state index contributed by atoms with van der Waals surface area (Å²) in [6.07, 6.45) is 3.64. The van der Waals surface area contributed by atoms with E-state index in [9.17, 15) is 12.8 Å². The third kappa shape index (κ3) is 3.80. The van der Waals surface area contributed by atoms with E-state index in [4.69, 9.17) is 4.74 Å². The van der Waals surface area contributed by atoms with Crippen LogP contribution < -0.4 is 9.46 Å². The van der Waals surface area contributed by atoms with Crippen molar-refractivity contribution in [2.24, 2.45) is 5.92 Å². The molecule has 1 atom stereocenters. The lowest BCUT2D eigenvalue weighted by atomic mass is 10.3. The van der Waals surface area contributed by atoms with Crippen molar-refractivity contribution >= 4 is 10.0 Å². The number of sulfonamides is 1. The fraction of sp³-hybridized carbons (Fsp3) is 0.429. The predicted octanol–water partition coefficient (Wildman–Crippen LogP) is 2.47. The summed E-state index contributed by atoms with van der Waals surface area (Å²) in [5.41, 5.74) is 0. The van der Waals surface area contributed by atoms with Gasteiger partial charge in [0.2, 0.25) is 10.0 Å². The molecule has 1 saturated carbocycles. The van der Waals surface area contributed by atoms with Crippen molar-refractivity contribution in [1.82, 2.24) is 4.72 Å². The zero-order valence-corrected chi connectivity index (χ0v) is 12.1. The summed E-state index contributed by atoms with van der Waals surface area (Å²) in [7, 11) is -3.70. The van der Waals surface area contributed by atoms with E-state index in [0.717, 1.165) is 18.9 Å². The predicted molar refractivity (Wildman–Crippen MR) is 74.6 cm³/mol. The first-order chi connectivity index (χ1) is 9.42. The molecule has 0 bridgehead atoms. The molecular weight excluding hydrogens is 281 g/mol. The van der Waals surface area contributed by atoms with Gasteiger partial charge in [0.25, 0.3) is 0 Å². The fourth-order valence-corrected chi connectivity index (χ4v) is 2.85. The largest absolute Gasteiger partial charge is 0.490 e. The van der Waals surface area contributed by atoms with Gasteiger partial charge >= 0.3 is 0 Å². The highest BCUT2D eigenvalue weighted by Crippen LogP contribution is 2.30. The van der Waals surface area contributed by atoms with E-state index >= 15 is 0 Å². The molecular formula is C14H18FNO3S. The zero-order chi connectivity index (χ0) is 14.8. The third-order valence-electron chi connectivity index (χ3n) is 3.08. The smallest absolute Gasteiger partial charge is 0.241 e. The lowest BCUT2D eigenvalue weighted by Crippen LogP contribution is -2.31. The first kappa shape index (κ1) is 15.0. The highest BCUT2D eigenvalue weighted by atomic mass is 32.2. The van der Waals surface area contributed by atoms with Crippen LogP contribution in [0.3, 0.4) is 0 Å². The minimum absolute atomic E-state index is 0.0154. The van der Waals surface area contributed by atoms with Gasteiger partial charge in [-0.15, -0.1) is 6.58 Å². The Bertz CT molecular complexity index is 596. The molecule has 4 nitrogen and oxygen atoms in total. The summed E-state index contributed by atoms with van der Waals surface area (Å²) in [6, 6.07) is 3.14. The van der Waals surface area contributed by atoms with Gasteiger partial charge in [-0.2, -0.15) is 0 Å². The summed E-state index contributed by atoms with van der Waals surface area (Å²) < 4.78 is 45.5. The van der Waals surface area contributed by atoms with Crippen molar-refractivity contribution in [3.8, 4) is 5.75 Å². The standard InChI is InChI=1S/C14H18FNO3S/c1-3-10(2)16-20(17,18)12-6-7-13(15)14(8-12)19-9-11-4-5-11/h3,6-8,10-11,16H,1,4-5,9H2,2H3. The van der Waals surface area contributed by atoms with Gasteiger partial charge < -0.3 is 4.74 Å². The highest BCUT2D eigenvalue weighted by molar-refractivity contribution is 7.89. The van der Waals surface area contributed by atoms with Crippen molar-refractivity contribution < 1.29 is 17.5 Å². The Balaban J connectivity index is 2.18. The summed E-state index contributed by atoms with van der Waals surface area (Å²) in [6.45, 7) is 5.61. The van der Waals surface area contributed by atoms with Crippen LogP contribution in [0.15, 0.2) is 35.7 Å². The Hall–Kier alpha value is -1.40. The summed E-state index contributed by atoms with van der Waals surface area (Å²) in [5, 5.41) is 0. The van der Waals surface area contributed by atoms with Gasteiger partial charge in [-0.1, -0.05) is 6.08 Å². The first-order valence-corrected chi connectivity index (χ1v) is 7.98.